The third-order valence-electron chi connectivity index (χ3n) is 3.38. The fraction of sp³-hybridized carbons (Fsp3) is 0.462. The normalized spacial score (nSPS) is 28.9. The lowest BCUT2D eigenvalue weighted by Crippen LogP contribution is -2.45. The highest BCUT2D eigenvalue weighted by atomic mass is 16.7. The van der Waals surface area contributed by atoms with E-state index in [1.54, 1.807) is 0 Å². The molecule has 0 aliphatic carbocycles. The molecule has 0 aromatic heterocycles. The summed E-state index contributed by atoms with van der Waals surface area (Å²) in [5, 5.41) is 7.65. The topological polar surface area (TPSA) is 33.6 Å². The average molecular weight is 216 g/mol. The lowest BCUT2D eigenvalue weighted by Gasteiger charge is -2.31. The Bertz CT molecular complexity index is 394. The molecule has 1 aromatic rings. The molecule has 84 valence electrons. The summed E-state index contributed by atoms with van der Waals surface area (Å²) in [7, 11) is 0. The van der Waals surface area contributed by atoms with E-state index in [4.69, 9.17) is 4.84 Å². The molecular weight excluding hydrogens is 200 g/mol. The second-order valence-electron chi connectivity index (χ2n) is 4.64. The Labute approximate surface area is 95.5 Å². The van der Waals surface area contributed by atoms with Crippen molar-refractivity contribution >= 4 is 5.71 Å². The van der Waals surface area contributed by atoms with Gasteiger partial charge in [-0.25, -0.2) is 0 Å². The fourth-order valence-electron chi connectivity index (χ4n) is 2.48. The number of piperidine rings is 1. The Morgan fingerprint density at radius 2 is 2.12 bits per heavy atom. The fourth-order valence-corrected chi connectivity index (χ4v) is 2.48. The summed E-state index contributed by atoms with van der Waals surface area (Å²) in [6.07, 6.45) is 3.22. The molecule has 16 heavy (non-hydrogen) atoms. The minimum absolute atomic E-state index is 0.0660. The Hall–Kier alpha value is -1.35. The van der Waals surface area contributed by atoms with Gasteiger partial charge in [0.1, 0.15) is 0 Å². The molecule has 2 aliphatic rings. The van der Waals surface area contributed by atoms with E-state index in [1.807, 2.05) is 18.2 Å². The number of oxime groups is 1. The standard InChI is InChI=1S/C13H16N2O/c1-2-5-11(6-3-1)12-9-13(16-15-12)7-4-8-14-10-13/h1-3,5-6,14H,4,7-10H2. The minimum Gasteiger partial charge on any atom is -0.387 e. The van der Waals surface area contributed by atoms with Crippen molar-refractivity contribution in [3.8, 4) is 0 Å². The molecule has 1 N–H and O–H groups in total. The SMILES string of the molecule is c1ccc(C2=NOC3(CCCNC3)C2)cc1. The molecule has 0 radical (unpaired) electrons. The van der Waals surface area contributed by atoms with Gasteiger partial charge in [0.2, 0.25) is 0 Å². The van der Waals surface area contributed by atoms with Gasteiger partial charge < -0.3 is 10.2 Å². The summed E-state index contributed by atoms with van der Waals surface area (Å²) in [5.74, 6) is 0. The maximum absolute atomic E-state index is 5.67. The van der Waals surface area contributed by atoms with Crippen LogP contribution in [-0.4, -0.2) is 24.4 Å². The summed E-state index contributed by atoms with van der Waals surface area (Å²) in [4.78, 5) is 5.67. The van der Waals surface area contributed by atoms with E-state index in [0.717, 1.165) is 31.6 Å². The van der Waals surface area contributed by atoms with Crippen LogP contribution in [0.25, 0.3) is 0 Å². The van der Waals surface area contributed by atoms with Crippen LogP contribution in [-0.2, 0) is 4.84 Å². The maximum Gasteiger partial charge on any atom is 0.155 e. The molecule has 3 nitrogen and oxygen atoms in total. The second-order valence-corrected chi connectivity index (χ2v) is 4.64. The lowest BCUT2D eigenvalue weighted by molar-refractivity contribution is -0.0347. The van der Waals surface area contributed by atoms with Gasteiger partial charge in [0.15, 0.2) is 5.60 Å². The third kappa shape index (κ3) is 1.71. The van der Waals surface area contributed by atoms with Crippen LogP contribution in [0.15, 0.2) is 35.5 Å². The monoisotopic (exact) mass is 216 g/mol. The first-order valence-corrected chi connectivity index (χ1v) is 5.89. The number of nitrogens with zero attached hydrogens (tertiary/aromatic N) is 1. The van der Waals surface area contributed by atoms with E-state index >= 15 is 0 Å². The van der Waals surface area contributed by atoms with E-state index in [9.17, 15) is 0 Å². The van der Waals surface area contributed by atoms with Gasteiger partial charge in [-0.3, -0.25) is 0 Å². The zero-order valence-corrected chi connectivity index (χ0v) is 9.28. The molecule has 1 aromatic carbocycles. The van der Waals surface area contributed by atoms with Gasteiger partial charge in [-0.05, 0) is 24.9 Å². The van der Waals surface area contributed by atoms with Crippen molar-refractivity contribution in [3.63, 3.8) is 0 Å². The molecule has 1 unspecified atom stereocenters. The van der Waals surface area contributed by atoms with Crippen molar-refractivity contribution in [1.29, 1.82) is 0 Å². The summed E-state index contributed by atoms with van der Waals surface area (Å²) >= 11 is 0. The van der Waals surface area contributed by atoms with Crippen LogP contribution in [0.3, 0.4) is 0 Å². The number of rotatable bonds is 1. The van der Waals surface area contributed by atoms with Crippen LogP contribution in [0.1, 0.15) is 24.8 Å². The van der Waals surface area contributed by atoms with Crippen LogP contribution < -0.4 is 5.32 Å². The molecule has 3 heteroatoms. The predicted octanol–water partition coefficient (Wildman–Crippen LogP) is 1.93. The van der Waals surface area contributed by atoms with E-state index < -0.39 is 0 Å². The highest BCUT2D eigenvalue weighted by Gasteiger charge is 2.40. The van der Waals surface area contributed by atoms with Crippen LogP contribution in [0, 0.1) is 0 Å². The Balaban J connectivity index is 1.77. The molecule has 1 spiro atoms. The summed E-state index contributed by atoms with van der Waals surface area (Å²) in [5.41, 5.74) is 2.21. The molecule has 2 aliphatic heterocycles. The van der Waals surface area contributed by atoms with Crippen molar-refractivity contribution in [2.45, 2.75) is 24.9 Å². The molecule has 0 amide bonds. The van der Waals surface area contributed by atoms with E-state index in [0.29, 0.717) is 0 Å². The summed E-state index contributed by atoms with van der Waals surface area (Å²) in [6.45, 7) is 2.03. The first-order chi connectivity index (χ1) is 7.88. The molecular formula is C13H16N2O. The minimum atomic E-state index is -0.0660. The molecule has 1 saturated heterocycles. The van der Waals surface area contributed by atoms with E-state index in [1.165, 1.54) is 12.0 Å². The Morgan fingerprint density at radius 1 is 1.25 bits per heavy atom. The highest BCUT2D eigenvalue weighted by molar-refractivity contribution is 6.01. The van der Waals surface area contributed by atoms with Gasteiger partial charge in [-0.15, -0.1) is 0 Å². The van der Waals surface area contributed by atoms with Crippen molar-refractivity contribution in [3.05, 3.63) is 35.9 Å². The molecule has 0 bridgehead atoms. The Kier molecular flexibility index (Phi) is 2.40. The van der Waals surface area contributed by atoms with Gasteiger partial charge in [0.05, 0.1) is 5.71 Å². The van der Waals surface area contributed by atoms with Crippen LogP contribution in [0.5, 0.6) is 0 Å². The van der Waals surface area contributed by atoms with Crippen LogP contribution >= 0.6 is 0 Å². The molecule has 1 fully saturated rings. The van der Waals surface area contributed by atoms with Gasteiger partial charge in [0, 0.05) is 13.0 Å². The van der Waals surface area contributed by atoms with Crippen molar-refractivity contribution in [2.24, 2.45) is 5.16 Å². The number of nitrogens with one attached hydrogen (secondary N) is 1. The third-order valence-corrected chi connectivity index (χ3v) is 3.38. The zero-order chi connectivity index (χ0) is 10.8. The second kappa shape index (κ2) is 3.91. The summed E-state index contributed by atoms with van der Waals surface area (Å²) in [6, 6.07) is 10.3. The van der Waals surface area contributed by atoms with E-state index in [2.05, 4.69) is 22.6 Å². The van der Waals surface area contributed by atoms with Crippen LogP contribution in [0.4, 0.5) is 0 Å². The van der Waals surface area contributed by atoms with Crippen molar-refractivity contribution in [2.75, 3.05) is 13.1 Å². The van der Waals surface area contributed by atoms with Gasteiger partial charge in [0.25, 0.3) is 0 Å². The highest BCUT2D eigenvalue weighted by Crippen LogP contribution is 2.32. The molecule has 0 saturated carbocycles. The predicted molar refractivity (Wildman–Crippen MR) is 63.5 cm³/mol. The lowest BCUT2D eigenvalue weighted by atomic mass is 9.88. The first-order valence-electron chi connectivity index (χ1n) is 5.89. The molecule has 3 rings (SSSR count). The van der Waals surface area contributed by atoms with Gasteiger partial charge >= 0.3 is 0 Å². The van der Waals surface area contributed by atoms with Crippen molar-refractivity contribution < 1.29 is 4.84 Å². The first kappa shape index (κ1) is 9.85. The van der Waals surface area contributed by atoms with Crippen molar-refractivity contribution in [1.82, 2.24) is 5.32 Å². The molecule has 1 atom stereocenters. The summed E-state index contributed by atoms with van der Waals surface area (Å²) < 4.78 is 0. The van der Waals surface area contributed by atoms with Gasteiger partial charge in [-0.1, -0.05) is 35.5 Å². The quantitative estimate of drug-likeness (QED) is 0.778. The number of hydrogen-bond donors (Lipinski definition) is 1. The zero-order valence-electron chi connectivity index (χ0n) is 9.28. The maximum atomic E-state index is 5.67. The van der Waals surface area contributed by atoms with Crippen LogP contribution in [0.2, 0.25) is 0 Å². The molecule has 2 heterocycles. The average Bonchev–Trinajstić information content (AvgIpc) is 2.75. The smallest absolute Gasteiger partial charge is 0.155 e. The number of hydrogen-bond acceptors (Lipinski definition) is 3. The van der Waals surface area contributed by atoms with Gasteiger partial charge in [-0.2, -0.15) is 0 Å². The largest absolute Gasteiger partial charge is 0.387 e. The number of benzene rings is 1. The van der Waals surface area contributed by atoms with E-state index in [-0.39, 0.29) is 5.60 Å². The Morgan fingerprint density at radius 3 is 2.88 bits per heavy atom.